The lowest BCUT2D eigenvalue weighted by Gasteiger charge is -2.15. The van der Waals surface area contributed by atoms with Crippen LogP contribution in [0.1, 0.15) is 15.9 Å². The first kappa shape index (κ1) is 17.3. The monoisotopic (exact) mass is 393 g/mol. The highest BCUT2D eigenvalue weighted by Crippen LogP contribution is 2.32. The molecule has 0 radical (unpaired) electrons. The second-order valence-electron chi connectivity index (χ2n) is 5.47. The van der Waals surface area contributed by atoms with Gasteiger partial charge < -0.3 is 0 Å². The molecular weight excluding hydrogens is 382 g/mol. The average Bonchev–Trinajstić information content (AvgIpc) is 2.96. The second kappa shape index (κ2) is 7.22. The van der Waals surface area contributed by atoms with Crippen molar-refractivity contribution in [3.05, 3.63) is 71.2 Å². The molecule has 4 rings (SSSR count). The number of hydrazine groups is 1. The molecule has 0 bridgehead atoms. The molecule has 0 unspecified atom stereocenters. The lowest BCUT2D eigenvalue weighted by molar-refractivity contribution is -0.123. The Bertz CT molecular complexity index is 1100. The van der Waals surface area contributed by atoms with Gasteiger partial charge in [0, 0.05) is 30.4 Å². The van der Waals surface area contributed by atoms with Crippen molar-refractivity contribution in [1.82, 2.24) is 25.4 Å². The van der Waals surface area contributed by atoms with Gasteiger partial charge in [0.1, 0.15) is 0 Å². The maximum atomic E-state index is 12.7. The zero-order chi connectivity index (χ0) is 18.8. The first-order chi connectivity index (χ1) is 13.1. The van der Waals surface area contributed by atoms with E-state index in [0.717, 1.165) is 27.9 Å². The number of fused-ring (bicyclic) bond motifs is 1. The average molecular weight is 393 g/mol. The molecule has 2 amide bonds. The van der Waals surface area contributed by atoms with Crippen molar-refractivity contribution in [3.8, 4) is 0 Å². The second-order valence-corrected chi connectivity index (χ2v) is 7.15. The Hall–Kier alpha value is -3.17. The van der Waals surface area contributed by atoms with Crippen molar-refractivity contribution in [2.45, 2.75) is 0 Å². The van der Waals surface area contributed by atoms with Crippen LogP contribution in [0.5, 0.6) is 0 Å². The number of pyridine rings is 1. The number of benzene rings is 1. The lowest BCUT2D eigenvalue weighted by atomic mass is 10.1. The predicted octanol–water partition coefficient (Wildman–Crippen LogP) is 2.57. The zero-order valence-electron chi connectivity index (χ0n) is 13.7. The van der Waals surface area contributed by atoms with E-state index in [0.29, 0.717) is 16.0 Å². The molecule has 1 aliphatic rings. The Morgan fingerprint density at radius 3 is 2.81 bits per heavy atom. The van der Waals surface area contributed by atoms with Crippen molar-refractivity contribution < 1.29 is 9.59 Å². The van der Waals surface area contributed by atoms with Crippen LogP contribution in [-0.4, -0.2) is 36.1 Å². The number of para-hydroxylation sites is 1. The molecule has 1 aliphatic heterocycles. The summed E-state index contributed by atoms with van der Waals surface area (Å²) in [6.45, 7) is 0. The fourth-order valence-electron chi connectivity index (χ4n) is 2.50. The first-order valence-electron chi connectivity index (χ1n) is 7.82. The van der Waals surface area contributed by atoms with Crippen LogP contribution in [0.15, 0.2) is 60.0 Å². The SMILES string of the molecule is O=C(NN1C(=O)C(=Cc2cccc3nccnc23)SC1=S)c1cccnc1. The molecule has 3 aromatic rings. The summed E-state index contributed by atoms with van der Waals surface area (Å²) in [6.07, 6.45) is 7.88. The molecule has 1 N–H and O–H groups in total. The van der Waals surface area contributed by atoms with Gasteiger partial charge in [0.05, 0.1) is 21.5 Å². The highest BCUT2D eigenvalue weighted by atomic mass is 32.2. The van der Waals surface area contributed by atoms with Crippen molar-refractivity contribution in [3.63, 3.8) is 0 Å². The van der Waals surface area contributed by atoms with E-state index in [1.807, 2.05) is 18.2 Å². The summed E-state index contributed by atoms with van der Waals surface area (Å²) in [5.74, 6) is -0.861. The van der Waals surface area contributed by atoms with E-state index in [-0.39, 0.29) is 4.32 Å². The van der Waals surface area contributed by atoms with E-state index in [1.54, 1.807) is 36.8 Å². The Morgan fingerprint density at radius 2 is 2.00 bits per heavy atom. The van der Waals surface area contributed by atoms with Gasteiger partial charge in [0.2, 0.25) is 0 Å². The van der Waals surface area contributed by atoms with Crippen LogP contribution in [0.25, 0.3) is 17.1 Å². The molecule has 0 saturated carbocycles. The minimum Gasteiger partial charge on any atom is -0.267 e. The number of hydrogen-bond donors (Lipinski definition) is 1. The van der Waals surface area contributed by atoms with E-state index in [1.165, 1.54) is 6.20 Å². The van der Waals surface area contributed by atoms with Crippen LogP contribution in [0.2, 0.25) is 0 Å². The summed E-state index contributed by atoms with van der Waals surface area (Å²) in [5.41, 5.74) is 5.02. The van der Waals surface area contributed by atoms with Gasteiger partial charge >= 0.3 is 0 Å². The lowest BCUT2D eigenvalue weighted by Crippen LogP contribution is -2.44. The van der Waals surface area contributed by atoms with Gasteiger partial charge in [-0.1, -0.05) is 23.9 Å². The fourth-order valence-corrected chi connectivity index (χ4v) is 3.67. The highest BCUT2D eigenvalue weighted by Gasteiger charge is 2.34. The third-order valence-corrected chi connectivity index (χ3v) is 5.05. The van der Waals surface area contributed by atoms with E-state index in [9.17, 15) is 9.59 Å². The minimum absolute atomic E-state index is 0.245. The molecule has 7 nitrogen and oxygen atoms in total. The summed E-state index contributed by atoms with van der Waals surface area (Å²) >= 11 is 6.36. The van der Waals surface area contributed by atoms with Gasteiger partial charge in [-0.2, -0.15) is 5.01 Å². The normalized spacial score (nSPS) is 15.6. The molecule has 2 aromatic heterocycles. The number of amides is 2. The summed E-state index contributed by atoms with van der Waals surface area (Å²) < 4.78 is 0.245. The van der Waals surface area contributed by atoms with Crippen LogP contribution in [0.3, 0.4) is 0 Å². The highest BCUT2D eigenvalue weighted by molar-refractivity contribution is 8.26. The molecule has 1 fully saturated rings. The predicted molar refractivity (Wildman–Crippen MR) is 106 cm³/mol. The van der Waals surface area contributed by atoms with Crippen LogP contribution in [-0.2, 0) is 4.79 Å². The number of nitrogens with one attached hydrogen (secondary N) is 1. The minimum atomic E-state index is -0.461. The number of carbonyl (C=O) groups is 2. The van der Waals surface area contributed by atoms with Gasteiger partial charge in [0.15, 0.2) is 4.32 Å². The molecule has 27 heavy (non-hydrogen) atoms. The number of aromatic nitrogens is 3. The van der Waals surface area contributed by atoms with Crippen molar-refractivity contribution in [2.75, 3.05) is 0 Å². The molecule has 3 heterocycles. The molecule has 1 aromatic carbocycles. The third-order valence-electron chi connectivity index (χ3n) is 3.75. The number of hydrogen-bond acceptors (Lipinski definition) is 7. The summed E-state index contributed by atoms with van der Waals surface area (Å²) in [5, 5.41) is 1.07. The zero-order valence-corrected chi connectivity index (χ0v) is 15.3. The van der Waals surface area contributed by atoms with E-state index in [4.69, 9.17) is 12.2 Å². The molecule has 0 spiro atoms. The van der Waals surface area contributed by atoms with Crippen molar-refractivity contribution in [1.29, 1.82) is 0 Å². The molecule has 0 atom stereocenters. The molecular formula is C18H11N5O2S2. The largest absolute Gasteiger partial charge is 0.285 e. The van der Waals surface area contributed by atoms with E-state index in [2.05, 4.69) is 20.4 Å². The summed E-state index contributed by atoms with van der Waals surface area (Å²) in [6, 6.07) is 8.77. The van der Waals surface area contributed by atoms with Crippen LogP contribution >= 0.6 is 24.0 Å². The van der Waals surface area contributed by atoms with Crippen molar-refractivity contribution >= 4 is 57.2 Å². The first-order valence-corrected chi connectivity index (χ1v) is 9.04. The summed E-state index contributed by atoms with van der Waals surface area (Å²) in [4.78, 5) is 37.9. The third kappa shape index (κ3) is 3.42. The number of rotatable bonds is 3. The molecule has 132 valence electrons. The summed E-state index contributed by atoms with van der Waals surface area (Å²) in [7, 11) is 0. The van der Waals surface area contributed by atoms with Gasteiger partial charge in [-0.15, -0.1) is 0 Å². The molecule has 1 saturated heterocycles. The van der Waals surface area contributed by atoms with Gasteiger partial charge in [-0.25, -0.2) is 0 Å². The topological polar surface area (TPSA) is 88.1 Å². The standard InChI is InChI=1S/C18H11N5O2S2/c24-16(12-4-2-6-19-10-12)22-23-17(25)14(27-18(23)26)9-11-3-1-5-13-15(11)21-8-7-20-13/h1-10H,(H,22,24). The van der Waals surface area contributed by atoms with Gasteiger partial charge in [-0.3, -0.25) is 30.0 Å². The van der Waals surface area contributed by atoms with Crippen LogP contribution < -0.4 is 5.43 Å². The smallest absolute Gasteiger partial charge is 0.267 e. The fraction of sp³-hybridized carbons (Fsp3) is 0. The molecule has 0 aliphatic carbocycles. The quantitative estimate of drug-likeness (QED) is 0.540. The van der Waals surface area contributed by atoms with E-state index < -0.39 is 11.8 Å². The Morgan fingerprint density at radius 1 is 1.15 bits per heavy atom. The number of carbonyl (C=O) groups excluding carboxylic acids is 2. The van der Waals surface area contributed by atoms with Crippen LogP contribution in [0, 0.1) is 0 Å². The van der Waals surface area contributed by atoms with Gasteiger partial charge in [0.25, 0.3) is 11.8 Å². The Kier molecular flexibility index (Phi) is 4.61. The van der Waals surface area contributed by atoms with Gasteiger partial charge in [-0.05, 0) is 36.5 Å². The maximum absolute atomic E-state index is 12.7. The Labute approximate surface area is 163 Å². The maximum Gasteiger partial charge on any atom is 0.285 e. The number of thioether (sulfide) groups is 1. The Balaban J connectivity index is 1.61. The van der Waals surface area contributed by atoms with Crippen LogP contribution in [0.4, 0.5) is 0 Å². The number of nitrogens with zero attached hydrogens (tertiary/aromatic N) is 4. The van der Waals surface area contributed by atoms with Crippen molar-refractivity contribution in [2.24, 2.45) is 0 Å². The van der Waals surface area contributed by atoms with E-state index >= 15 is 0 Å². The number of thiocarbonyl (C=S) groups is 1. The molecule has 9 heteroatoms.